The Morgan fingerprint density at radius 2 is 1.83 bits per heavy atom. The average Bonchev–Trinajstić information content (AvgIpc) is 2.59. The number of non-ortho nitro benzene ring substituents is 1. The molecule has 0 atom stereocenters. The summed E-state index contributed by atoms with van der Waals surface area (Å²) < 4.78 is 10.3. The molecule has 0 aromatic heterocycles. The Balaban J connectivity index is 2.08. The Kier molecular flexibility index (Phi) is 6.08. The monoisotopic (exact) mass is 327 g/mol. The number of hydrogen-bond acceptors (Lipinski definition) is 5. The van der Waals surface area contributed by atoms with Gasteiger partial charge < -0.3 is 9.47 Å². The fraction of sp³-hybridized carbons (Fsp3) is 0.167. The summed E-state index contributed by atoms with van der Waals surface area (Å²) in [5.74, 6) is 0.135. The van der Waals surface area contributed by atoms with Gasteiger partial charge in [0.1, 0.15) is 5.75 Å². The number of nitro groups is 1. The highest BCUT2D eigenvalue weighted by Crippen LogP contribution is 2.21. The molecule has 24 heavy (non-hydrogen) atoms. The molecule has 2 aromatic carbocycles. The van der Waals surface area contributed by atoms with Crippen molar-refractivity contribution in [3.05, 3.63) is 69.8 Å². The zero-order chi connectivity index (χ0) is 17.4. The number of carbonyl (C=O) groups is 1. The van der Waals surface area contributed by atoms with Crippen LogP contribution in [0.5, 0.6) is 5.75 Å². The van der Waals surface area contributed by atoms with E-state index in [2.05, 4.69) is 0 Å². The summed E-state index contributed by atoms with van der Waals surface area (Å²) in [4.78, 5) is 21.6. The fourth-order valence-corrected chi connectivity index (χ4v) is 1.98. The fourth-order valence-electron chi connectivity index (χ4n) is 1.98. The van der Waals surface area contributed by atoms with Crippen molar-refractivity contribution in [2.24, 2.45) is 0 Å². The summed E-state index contributed by atoms with van der Waals surface area (Å²) in [5.41, 5.74) is 1.66. The minimum atomic E-state index is -0.438. The van der Waals surface area contributed by atoms with Gasteiger partial charge in [0.25, 0.3) is 5.69 Å². The van der Waals surface area contributed by atoms with Crippen LogP contribution in [0.2, 0.25) is 0 Å². The molecule has 0 fully saturated rings. The Morgan fingerprint density at radius 3 is 2.50 bits per heavy atom. The van der Waals surface area contributed by atoms with Crippen LogP contribution in [-0.2, 0) is 9.53 Å². The highest BCUT2D eigenvalue weighted by atomic mass is 16.6. The predicted octanol–water partition coefficient (Wildman–Crippen LogP) is 3.71. The Hall–Kier alpha value is -3.15. The van der Waals surface area contributed by atoms with E-state index in [0.717, 1.165) is 11.1 Å². The highest BCUT2D eigenvalue weighted by Gasteiger charge is 2.06. The first kappa shape index (κ1) is 17.2. The Bertz CT molecular complexity index is 737. The van der Waals surface area contributed by atoms with Crippen LogP contribution < -0.4 is 4.74 Å². The number of rotatable bonds is 7. The minimum Gasteiger partial charge on any atom is -0.481 e. The maximum absolute atomic E-state index is 11.4. The molecule has 0 spiro atoms. The van der Waals surface area contributed by atoms with Gasteiger partial charge in [-0.1, -0.05) is 30.4 Å². The molecule has 6 nitrogen and oxygen atoms in total. The Labute approximate surface area is 139 Å². The van der Waals surface area contributed by atoms with Crippen LogP contribution in [0.15, 0.2) is 48.5 Å². The van der Waals surface area contributed by atoms with Crippen molar-refractivity contribution in [1.29, 1.82) is 0 Å². The van der Waals surface area contributed by atoms with Crippen LogP contribution in [0.3, 0.4) is 0 Å². The molecule has 0 unspecified atom stereocenters. The molecule has 124 valence electrons. The van der Waals surface area contributed by atoms with E-state index in [-0.39, 0.29) is 12.3 Å². The van der Waals surface area contributed by atoms with Gasteiger partial charge >= 0.3 is 5.97 Å². The average molecular weight is 327 g/mol. The molecule has 0 radical (unpaired) electrons. The zero-order valence-corrected chi connectivity index (χ0v) is 13.2. The van der Waals surface area contributed by atoms with E-state index in [1.54, 1.807) is 25.1 Å². The predicted molar refractivity (Wildman–Crippen MR) is 90.6 cm³/mol. The third-order valence-electron chi connectivity index (χ3n) is 3.13. The standard InChI is InChI=1S/C18H17NO5/c1-2-23-18(20)13-24-17-6-4-3-5-15(17)10-7-14-8-11-16(12-9-14)19(21)22/h3-12H,2,13H2,1H3/b10-7-. The van der Waals surface area contributed by atoms with Crippen LogP contribution in [0.1, 0.15) is 18.1 Å². The Morgan fingerprint density at radius 1 is 1.12 bits per heavy atom. The molecule has 0 amide bonds. The summed E-state index contributed by atoms with van der Waals surface area (Å²) in [5, 5.41) is 10.6. The summed E-state index contributed by atoms with van der Waals surface area (Å²) in [6.45, 7) is 1.89. The van der Waals surface area contributed by atoms with Gasteiger partial charge in [0.2, 0.25) is 0 Å². The van der Waals surface area contributed by atoms with Crippen molar-refractivity contribution in [2.45, 2.75) is 6.92 Å². The van der Waals surface area contributed by atoms with E-state index in [1.807, 2.05) is 30.4 Å². The summed E-state index contributed by atoms with van der Waals surface area (Å²) in [6, 6.07) is 13.5. The SMILES string of the molecule is CCOC(=O)COc1ccccc1/C=C\c1ccc([N+](=O)[O-])cc1. The van der Waals surface area contributed by atoms with E-state index in [1.165, 1.54) is 12.1 Å². The largest absolute Gasteiger partial charge is 0.481 e. The van der Waals surface area contributed by atoms with Crippen molar-refractivity contribution in [1.82, 2.24) is 0 Å². The van der Waals surface area contributed by atoms with Gasteiger partial charge in [0, 0.05) is 17.7 Å². The number of esters is 1. The van der Waals surface area contributed by atoms with E-state index in [9.17, 15) is 14.9 Å². The molecule has 0 saturated heterocycles. The molecular formula is C18H17NO5. The van der Waals surface area contributed by atoms with Crippen LogP contribution in [-0.4, -0.2) is 24.1 Å². The van der Waals surface area contributed by atoms with Gasteiger partial charge in [-0.25, -0.2) is 4.79 Å². The molecule has 0 bridgehead atoms. The number of nitrogens with zero attached hydrogens (tertiary/aromatic N) is 1. The molecule has 2 aromatic rings. The maximum Gasteiger partial charge on any atom is 0.344 e. The van der Waals surface area contributed by atoms with E-state index in [4.69, 9.17) is 9.47 Å². The first-order valence-corrected chi connectivity index (χ1v) is 7.40. The zero-order valence-electron chi connectivity index (χ0n) is 13.2. The van der Waals surface area contributed by atoms with Crippen molar-refractivity contribution in [3.63, 3.8) is 0 Å². The second kappa shape index (κ2) is 8.47. The number of nitro benzene ring substituents is 1. The van der Waals surface area contributed by atoms with Crippen LogP contribution >= 0.6 is 0 Å². The lowest BCUT2D eigenvalue weighted by Gasteiger charge is -2.08. The number of ether oxygens (including phenoxy) is 2. The van der Waals surface area contributed by atoms with Gasteiger partial charge in [0.05, 0.1) is 11.5 Å². The first-order valence-electron chi connectivity index (χ1n) is 7.40. The third kappa shape index (κ3) is 4.95. The lowest BCUT2D eigenvalue weighted by molar-refractivity contribution is -0.384. The summed E-state index contributed by atoms with van der Waals surface area (Å²) in [6.07, 6.45) is 3.64. The molecule has 0 N–H and O–H groups in total. The second-order valence-electron chi connectivity index (χ2n) is 4.81. The second-order valence-corrected chi connectivity index (χ2v) is 4.81. The quantitative estimate of drug-likeness (QED) is 0.335. The van der Waals surface area contributed by atoms with Crippen LogP contribution in [0.4, 0.5) is 5.69 Å². The van der Waals surface area contributed by atoms with E-state index < -0.39 is 10.9 Å². The van der Waals surface area contributed by atoms with Crippen LogP contribution in [0.25, 0.3) is 12.2 Å². The third-order valence-corrected chi connectivity index (χ3v) is 3.13. The van der Waals surface area contributed by atoms with Gasteiger partial charge in [-0.3, -0.25) is 10.1 Å². The molecular weight excluding hydrogens is 310 g/mol. The maximum atomic E-state index is 11.4. The summed E-state index contributed by atoms with van der Waals surface area (Å²) in [7, 11) is 0. The topological polar surface area (TPSA) is 78.7 Å². The van der Waals surface area contributed by atoms with Gasteiger partial charge in [-0.15, -0.1) is 0 Å². The number of para-hydroxylation sites is 1. The normalized spacial score (nSPS) is 10.5. The molecule has 0 aliphatic heterocycles. The van der Waals surface area contributed by atoms with E-state index >= 15 is 0 Å². The lowest BCUT2D eigenvalue weighted by Crippen LogP contribution is -2.14. The molecule has 6 heteroatoms. The van der Waals surface area contributed by atoms with Gasteiger partial charge in [0.15, 0.2) is 6.61 Å². The van der Waals surface area contributed by atoms with Crippen molar-refractivity contribution in [3.8, 4) is 5.75 Å². The minimum absolute atomic E-state index is 0.0466. The number of benzene rings is 2. The highest BCUT2D eigenvalue weighted by molar-refractivity contribution is 5.74. The lowest BCUT2D eigenvalue weighted by atomic mass is 10.1. The number of carbonyl (C=O) groups excluding carboxylic acids is 1. The smallest absolute Gasteiger partial charge is 0.344 e. The van der Waals surface area contributed by atoms with Crippen LogP contribution in [0, 0.1) is 10.1 Å². The van der Waals surface area contributed by atoms with Crippen molar-refractivity contribution >= 4 is 23.8 Å². The molecule has 0 aliphatic carbocycles. The van der Waals surface area contributed by atoms with Gasteiger partial charge in [-0.05, 0) is 30.7 Å². The molecule has 0 aliphatic rings. The summed E-state index contributed by atoms with van der Waals surface area (Å²) >= 11 is 0. The molecule has 0 heterocycles. The van der Waals surface area contributed by atoms with Crippen molar-refractivity contribution in [2.75, 3.05) is 13.2 Å². The molecule has 0 saturated carbocycles. The van der Waals surface area contributed by atoms with Crippen molar-refractivity contribution < 1.29 is 19.2 Å². The number of hydrogen-bond donors (Lipinski definition) is 0. The van der Waals surface area contributed by atoms with Gasteiger partial charge in [-0.2, -0.15) is 0 Å². The van der Waals surface area contributed by atoms with E-state index in [0.29, 0.717) is 12.4 Å². The first-order chi connectivity index (χ1) is 11.6. The molecule has 2 rings (SSSR count).